The summed E-state index contributed by atoms with van der Waals surface area (Å²) in [4.78, 5) is 26.6. The van der Waals surface area contributed by atoms with Crippen molar-refractivity contribution in [3.8, 4) is 0 Å². The van der Waals surface area contributed by atoms with Crippen molar-refractivity contribution < 1.29 is 57.6 Å². The maximum Gasteiger partial charge on any atom is 1.00 e. The van der Waals surface area contributed by atoms with Gasteiger partial charge in [0.15, 0.2) is 11.5 Å². The van der Waals surface area contributed by atoms with Gasteiger partial charge in [-0.15, -0.1) is 0 Å². The molecule has 2 heterocycles. The van der Waals surface area contributed by atoms with Gasteiger partial charge in [0.2, 0.25) is 5.91 Å². The number of H-pyrrole nitrogens is 1. The Kier molecular flexibility index (Phi) is 5.23. The van der Waals surface area contributed by atoms with Crippen LogP contribution in [0.3, 0.4) is 0 Å². The molecule has 0 aromatic carbocycles. The van der Waals surface area contributed by atoms with E-state index in [2.05, 4.69) is 30.8 Å². The number of aromatic nitrogens is 4. The second-order valence-corrected chi connectivity index (χ2v) is 4.65. The van der Waals surface area contributed by atoms with Crippen molar-refractivity contribution in [1.29, 1.82) is 0 Å². The summed E-state index contributed by atoms with van der Waals surface area (Å²) in [6.45, 7) is 5.49. The molecule has 0 saturated heterocycles. The fourth-order valence-electron chi connectivity index (χ4n) is 1.16. The molecule has 0 spiro atoms. The Labute approximate surface area is 148 Å². The minimum atomic E-state index is -0.465. The maximum atomic E-state index is 11.7. The average molecular weight is 274 g/mol. The first kappa shape index (κ1) is 15.5. The topological polar surface area (TPSA) is 95.6 Å². The number of imidazole rings is 1. The number of nitrogens with zero attached hydrogens (tertiary/aromatic N) is 3. The van der Waals surface area contributed by atoms with E-state index in [0.717, 1.165) is 0 Å². The van der Waals surface area contributed by atoms with E-state index in [1.54, 1.807) is 0 Å². The third kappa shape index (κ3) is 3.48. The van der Waals surface area contributed by atoms with Gasteiger partial charge in [0.1, 0.15) is 11.8 Å². The molecule has 0 radical (unpaired) electrons. The number of carbonyl (C=O) groups is 1. The van der Waals surface area contributed by atoms with Crippen molar-refractivity contribution >= 4 is 22.9 Å². The molecule has 1 amide bonds. The van der Waals surface area contributed by atoms with Crippen molar-refractivity contribution in [3.63, 3.8) is 0 Å². The molecule has 0 aliphatic heterocycles. The van der Waals surface area contributed by atoms with Gasteiger partial charge in [-0.3, -0.25) is 15.6 Å². The fraction of sp³-hybridized carbons (Fsp3) is 0.400. The minimum absolute atomic E-state index is 0. The number of nitrogens with one attached hydrogen (secondary N) is 3. The Hall–Kier alpha value is -0.544. The molecule has 0 bridgehead atoms. The summed E-state index contributed by atoms with van der Waals surface area (Å²) in [6.07, 6.45) is 2.91. The van der Waals surface area contributed by atoms with E-state index in [9.17, 15) is 4.79 Å². The molecule has 0 fully saturated rings. The summed E-state index contributed by atoms with van der Waals surface area (Å²) in [5.41, 5.74) is 6.09. The minimum Gasteiger partial charge on any atom is -1.00 e. The predicted octanol–water partition coefficient (Wildman–Crippen LogP) is -2.04. The van der Waals surface area contributed by atoms with Gasteiger partial charge in [0, 0.05) is 5.41 Å². The standard InChI is InChI=1S/C10H14N6O.K.H/c1-10(2,3)9(17)16-15-8-6-7(12-4-11-6)13-5-14-8;;/h4-5H,1-3H3,(H,16,17)(H2,11,12,13,14,15);;/q;+1;-1. The first-order chi connectivity index (χ1) is 7.98. The Morgan fingerprint density at radius 3 is 2.72 bits per heavy atom. The van der Waals surface area contributed by atoms with Gasteiger partial charge in [-0.05, 0) is 0 Å². The maximum absolute atomic E-state index is 11.7. The molecule has 3 N–H and O–H groups in total. The van der Waals surface area contributed by atoms with E-state index in [0.29, 0.717) is 17.0 Å². The van der Waals surface area contributed by atoms with Crippen LogP contribution < -0.4 is 62.2 Å². The van der Waals surface area contributed by atoms with E-state index in [1.807, 2.05) is 20.8 Å². The third-order valence-electron chi connectivity index (χ3n) is 2.20. The molecular formula is C10H15KN6O. The molecule has 0 aliphatic carbocycles. The van der Waals surface area contributed by atoms with Crippen LogP contribution in [0.1, 0.15) is 22.2 Å². The monoisotopic (exact) mass is 274 g/mol. The second kappa shape index (κ2) is 6.07. The van der Waals surface area contributed by atoms with Gasteiger partial charge in [0.05, 0.1) is 6.33 Å². The number of hydrazine groups is 1. The molecule has 7 nitrogen and oxygen atoms in total. The van der Waals surface area contributed by atoms with Crippen molar-refractivity contribution in [2.75, 3.05) is 5.43 Å². The van der Waals surface area contributed by atoms with Crippen LogP contribution in [0.25, 0.3) is 11.2 Å². The largest absolute Gasteiger partial charge is 1.00 e. The van der Waals surface area contributed by atoms with Crippen molar-refractivity contribution in [3.05, 3.63) is 12.7 Å². The Morgan fingerprint density at radius 1 is 1.33 bits per heavy atom. The van der Waals surface area contributed by atoms with Gasteiger partial charge in [-0.1, -0.05) is 20.8 Å². The number of amides is 1. The number of rotatable bonds is 2. The van der Waals surface area contributed by atoms with E-state index in [4.69, 9.17) is 0 Å². The molecule has 0 unspecified atom stereocenters. The van der Waals surface area contributed by atoms with Crippen LogP contribution in [-0.4, -0.2) is 25.8 Å². The van der Waals surface area contributed by atoms with Crippen LogP contribution in [0.2, 0.25) is 0 Å². The second-order valence-electron chi connectivity index (χ2n) is 4.65. The molecule has 92 valence electrons. The van der Waals surface area contributed by atoms with Crippen molar-refractivity contribution in [2.24, 2.45) is 5.41 Å². The summed E-state index contributed by atoms with van der Waals surface area (Å²) in [5, 5.41) is 0. The van der Waals surface area contributed by atoms with E-state index < -0.39 is 5.41 Å². The molecule has 0 saturated carbocycles. The molecule has 2 aromatic rings. The smallest absolute Gasteiger partial charge is 1.00 e. The molecule has 18 heavy (non-hydrogen) atoms. The molecule has 2 rings (SSSR count). The molecule has 0 aliphatic rings. The van der Waals surface area contributed by atoms with E-state index in [-0.39, 0.29) is 58.7 Å². The van der Waals surface area contributed by atoms with Crippen LogP contribution in [0.15, 0.2) is 12.7 Å². The number of anilines is 1. The van der Waals surface area contributed by atoms with Crippen molar-refractivity contribution in [1.82, 2.24) is 25.4 Å². The number of hydrogen-bond acceptors (Lipinski definition) is 5. The SMILES string of the molecule is CC(C)(C)C(=O)NNc1ncnc2nc[nH]c12.[H-].[K+]. The summed E-state index contributed by atoms with van der Waals surface area (Å²) in [7, 11) is 0. The van der Waals surface area contributed by atoms with Gasteiger partial charge in [-0.25, -0.2) is 15.0 Å². The zero-order valence-corrected chi connectivity index (χ0v) is 14.0. The third-order valence-corrected chi connectivity index (χ3v) is 2.20. The van der Waals surface area contributed by atoms with Crippen LogP contribution in [0, 0.1) is 5.41 Å². The predicted molar refractivity (Wildman–Crippen MR) is 64.0 cm³/mol. The first-order valence-corrected chi connectivity index (χ1v) is 5.19. The van der Waals surface area contributed by atoms with Gasteiger partial charge >= 0.3 is 51.4 Å². The zero-order chi connectivity index (χ0) is 12.5. The van der Waals surface area contributed by atoms with E-state index >= 15 is 0 Å². The number of hydrogen-bond donors (Lipinski definition) is 3. The Morgan fingerprint density at radius 2 is 2.06 bits per heavy atom. The summed E-state index contributed by atoms with van der Waals surface area (Å²) in [6, 6.07) is 0. The zero-order valence-electron chi connectivity index (χ0n) is 11.9. The van der Waals surface area contributed by atoms with Gasteiger partial charge in [0.25, 0.3) is 0 Å². The van der Waals surface area contributed by atoms with E-state index in [1.165, 1.54) is 12.7 Å². The summed E-state index contributed by atoms with van der Waals surface area (Å²) in [5.74, 6) is 0.369. The first-order valence-electron chi connectivity index (χ1n) is 5.19. The summed E-state index contributed by atoms with van der Waals surface area (Å²) < 4.78 is 0. The van der Waals surface area contributed by atoms with Gasteiger partial charge in [-0.2, -0.15) is 0 Å². The number of aromatic amines is 1. The van der Waals surface area contributed by atoms with Crippen molar-refractivity contribution in [2.45, 2.75) is 20.8 Å². The van der Waals surface area contributed by atoms with Crippen LogP contribution in [-0.2, 0) is 4.79 Å². The van der Waals surface area contributed by atoms with Crippen LogP contribution in [0.5, 0.6) is 0 Å². The fourth-order valence-corrected chi connectivity index (χ4v) is 1.16. The number of fused-ring (bicyclic) bond motifs is 1. The number of carbonyl (C=O) groups excluding carboxylic acids is 1. The van der Waals surface area contributed by atoms with Crippen LogP contribution in [0.4, 0.5) is 5.82 Å². The average Bonchev–Trinajstić information content (AvgIpc) is 2.72. The van der Waals surface area contributed by atoms with Crippen LogP contribution >= 0.6 is 0 Å². The normalized spacial score (nSPS) is 10.8. The molecule has 8 heteroatoms. The quantitative estimate of drug-likeness (QED) is 0.433. The molecular weight excluding hydrogens is 259 g/mol. The Bertz CT molecular complexity index is 552. The Balaban J connectivity index is 0.00000162. The molecule has 0 atom stereocenters. The van der Waals surface area contributed by atoms with Gasteiger partial charge < -0.3 is 6.41 Å². The molecule has 2 aromatic heterocycles. The summed E-state index contributed by atoms with van der Waals surface area (Å²) >= 11 is 0.